The molecule has 0 spiro atoms. The van der Waals surface area contributed by atoms with Crippen LogP contribution >= 0.6 is 0 Å². The van der Waals surface area contributed by atoms with E-state index in [2.05, 4.69) is 15.7 Å². The Kier molecular flexibility index (Phi) is 7.70. The number of rotatable bonds is 9. The van der Waals surface area contributed by atoms with E-state index in [9.17, 15) is 9.59 Å². The van der Waals surface area contributed by atoms with Crippen LogP contribution < -0.4 is 16.4 Å². The lowest BCUT2D eigenvalue weighted by Crippen LogP contribution is -2.36. The molecule has 0 aliphatic heterocycles. The highest BCUT2D eigenvalue weighted by molar-refractivity contribution is 5.94. The van der Waals surface area contributed by atoms with Crippen molar-refractivity contribution in [2.75, 3.05) is 32.5 Å². The van der Waals surface area contributed by atoms with Crippen LogP contribution in [0.1, 0.15) is 20.3 Å². The Labute approximate surface area is 137 Å². The summed E-state index contributed by atoms with van der Waals surface area (Å²) in [6.07, 6.45) is 3.74. The lowest BCUT2D eigenvalue weighted by Gasteiger charge is -2.13. The third-order valence-electron chi connectivity index (χ3n) is 3.15. The molecule has 0 aliphatic carbocycles. The Balaban J connectivity index is 2.42. The molecular weight excluding hydrogens is 296 g/mol. The molecule has 0 aromatic carbocycles. The van der Waals surface area contributed by atoms with Gasteiger partial charge >= 0.3 is 0 Å². The predicted molar refractivity (Wildman–Crippen MR) is 89.9 cm³/mol. The molecule has 8 heteroatoms. The molecule has 0 bridgehead atoms. The lowest BCUT2D eigenvalue weighted by atomic mass is 10.0. The molecule has 23 heavy (non-hydrogen) atoms. The van der Waals surface area contributed by atoms with Crippen molar-refractivity contribution in [3.63, 3.8) is 0 Å². The topological polar surface area (TPSA) is 105 Å². The summed E-state index contributed by atoms with van der Waals surface area (Å²) in [5, 5.41) is 9.58. The molecule has 1 atom stereocenters. The molecule has 1 aromatic rings. The van der Waals surface area contributed by atoms with Crippen LogP contribution in [0.15, 0.2) is 12.4 Å². The van der Waals surface area contributed by atoms with Gasteiger partial charge in [-0.15, -0.1) is 0 Å². The number of anilines is 1. The van der Waals surface area contributed by atoms with Gasteiger partial charge in [0.1, 0.15) is 6.54 Å². The van der Waals surface area contributed by atoms with Gasteiger partial charge in [0.05, 0.1) is 17.9 Å². The number of carbonyl (C=O) groups is 2. The SMILES string of the molecule is CC(C)C[C@H](N)C(=O)Nc1cnn(CC(=O)NCCN(C)C)c1. The van der Waals surface area contributed by atoms with Gasteiger partial charge in [0.25, 0.3) is 0 Å². The lowest BCUT2D eigenvalue weighted by molar-refractivity contribution is -0.122. The second-order valence-corrected chi connectivity index (χ2v) is 6.31. The average molecular weight is 324 g/mol. The van der Waals surface area contributed by atoms with E-state index >= 15 is 0 Å². The van der Waals surface area contributed by atoms with Crippen molar-refractivity contribution in [3.05, 3.63) is 12.4 Å². The molecule has 4 N–H and O–H groups in total. The van der Waals surface area contributed by atoms with Gasteiger partial charge in [-0.2, -0.15) is 5.10 Å². The highest BCUT2D eigenvalue weighted by Crippen LogP contribution is 2.08. The number of nitrogens with two attached hydrogens (primary N) is 1. The number of aromatic nitrogens is 2. The smallest absolute Gasteiger partial charge is 0.241 e. The summed E-state index contributed by atoms with van der Waals surface area (Å²) < 4.78 is 1.48. The number of carbonyl (C=O) groups excluding carboxylic acids is 2. The molecule has 0 aliphatic rings. The number of hydrogen-bond acceptors (Lipinski definition) is 5. The monoisotopic (exact) mass is 324 g/mol. The summed E-state index contributed by atoms with van der Waals surface area (Å²) in [7, 11) is 3.89. The van der Waals surface area contributed by atoms with Gasteiger partial charge in [-0.3, -0.25) is 14.3 Å². The largest absolute Gasteiger partial charge is 0.353 e. The summed E-state index contributed by atoms with van der Waals surface area (Å²) >= 11 is 0. The average Bonchev–Trinajstić information content (AvgIpc) is 2.84. The Bertz CT molecular complexity index is 512. The maximum absolute atomic E-state index is 11.9. The number of amides is 2. The van der Waals surface area contributed by atoms with Crippen molar-refractivity contribution < 1.29 is 9.59 Å². The maximum atomic E-state index is 11.9. The molecule has 1 rings (SSSR count). The molecule has 0 saturated carbocycles. The minimum absolute atomic E-state index is 0.112. The third kappa shape index (κ3) is 7.75. The van der Waals surface area contributed by atoms with E-state index in [-0.39, 0.29) is 18.4 Å². The second kappa shape index (κ2) is 9.26. The van der Waals surface area contributed by atoms with Crippen molar-refractivity contribution >= 4 is 17.5 Å². The molecule has 1 heterocycles. The first kappa shape index (κ1) is 19.1. The van der Waals surface area contributed by atoms with Crippen LogP contribution in [0.3, 0.4) is 0 Å². The van der Waals surface area contributed by atoms with Gasteiger partial charge in [0, 0.05) is 19.3 Å². The Morgan fingerprint density at radius 2 is 2.09 bits per heavy atom. The molecule has 0 saturated heterocycles. The molecule has 0 radical (unpaired) electrons. The highest BCUT2D eigenvalue weighted by Gasteiger charge is 2.15. The highest BCUT2D eigenvalue weighted by atomic mass is 16.2. The van der Waals surface area contributed by atoms with Crippen LogP contribution in [0.25, 0.3) is 0 Å². The van der Waals surface area contributed by atoms with Gasteiger partial charge in [-0.25, -0.2) is 0 Å². The van der Waals surface area contributed by atoms with E-state index in [1.807, 2.05) is 32.8 Å². The summed E-state index contributed by atoms with van der Waals surface area (Å²) in [6, 6.07) is -0.548. The molecule has 2 amide bonds. The fourth-order valence-electron chi connectivity index (χ4n) is 1.99. The van der Waals surface area contributed by atoms with Gasteiger partial charge in [-0.05, 0) is 26.4 Å². The van der Waals surface area contributed by atoms with Crippen LogP contribution in [0, 0.1) is 5.92 Å². The maximum Gasteiger partial charge on any atom is 0.241 e. The first-order valence-corrected chi connectivity index (χ1v) is 7.78. The number of nitrogens with one attached hydrogen (secondary N) is 2. The Morgan fingerprint density at radius 1 is 1.39 bits per heavy atom. The Morgan fingerprint density at radius 3 is 2.70 bits per heavy atom. The van der Waals surface area contributed by atoms with Gasteiger partial charge < -0.3 is 21.3 Å². The van der Waals surface area contributed by atoms with Gasteiger partial charge in [-0.1, -0.05) is 13.8 Å². The first-order chi connectivity index (χ1) is 10.8. The van der Waals surface area contributed by atoms with Crippen molar-refractivity contribution in [1.82, 2.24) is 20.0 Å². The van der Waals surface area contributed by atoms with Crippen molar-refractivity contribution in [1.29, 1.82) is 0 Å². The van der Waals surface area contributed by atoms with Crippen molar-refractivity contribution in [2.24, 2.45) is 11.7 Å². The van der Waals surface area contributed by atoms with Crippen LogP contribution in [0.4, 0.5) is 5.69 Å². The normalized spacial score (nSPS) is 12.5. The van der Waals surface area contributed by atoms with Crippen molar-refractivity contribution in [2.45, 2.75) is 32.9 Å². The van der Waals surface area contributed by atoms with E-state index in [1.165, 1.54) is 10.9 Å². The van der Waals surface area contributed by atoms with E-state index in [4.69, 9.17) is 5.73 Å². The standard InChI is InChI=1S/C15H28N6O2/c1-11(2)7-13(16)15(23)19-12-8-18-21(9-12)10-14(22)17-5-6-20(3)4/h8-9,11,13H,5-7,10,16H2,1-4H3,(H,17,22)(H,19,23)/t13-/m0/s1. The van der Waals surface area contributed by atoms with Crippen LogP contribution in [0.5, 0.6) is 0 Å². The fourth-order valence-corrected chi connectivity index (χ4v) is 1.99. The number of nitrogens with zero attached hydrogens (tertiary/aromatic N) is 3. The minimum atomic E-state index is -0.548. The van der Waals surface area contributed by atoms with Crippen LogP contribution in [0.2, 0.25) is 0 Å². The van der Waals surface area contributed by atoms with E-state index < -0.39 is 6.04 Å². The summed E-state index contributed by atoms with van der Waals surface area (Å²) in [6.45, 7) is 5.50. The number of hydrogen-bond donors (Lipinski definition) is 3. The zero-order valence-electron chi connectivity index (χ0n) is 14.4. The van der Waals surface area contributed by atoms with Crippen LogP contribution in [-0.4, -0.2) is 59.7 Å². The molecule has 130 valence electrons. The summed E-state index contributed by atoms with van der Waals surface area (Å²) in [5.74, 6) is -0.0117. The second-order valence-electron chi connectivity index (χ2n) is 6.31. The first-order valence-electron chi connectivity index (χ1n) is 7.78. The molecule has 8 nitrogen and oxygen atoms in total. The van der Waals surface area contributed by atoms with Crippen molar-refractivity contribution in [3.8, 4) is 0 Å². The third-order valence-corrected chi connectivity index (χ3v) is 3.15. The fraction of sp³-hybridized carbons (Fsp3) is 0.667. The summed E-state index contributed by atoms with van der Waals surface area (Å²) in [5.41, 5.74) is 6.36. The molecule has 1 aromatic heterocycles. The van der Waals surface area contributed by atoms with Gasteiger partial charge in [0.15, 0.2) is 0 Å². The molecule has 0 fully saturated rings. The number of likely N-dealkylation sites (N-methyl/N-ethyl adjacent to an activating group) is 1. The van der Waals surface area contributed by atoms with E-state index in [0.29, 0.717) is 24.6 Å². The molecule has 0 unspecified atom stereocenters. The van der Waals surface area contributed by atoms with E-state index in [1.54, 1.807) is 6.20 Å². The summed E-state index contributed by atoms with van der Waals surface area (Å²) in [4.78, 5) is 25.7. The molecular formula is C15H28N6O2. The minimum Gasteiger partial charge on any atom is -0.353 e. The van der Waals surface area contributed by atoms with E-state index in [0.717, 1.165) is 6.54 Å². The van der Waals surface area contributed by atoms with Gasteiger partial charge in [0.2, 0.25) is 11.8 Å². The quantitative estimate of drug-likeness (QED) is 0.587. The zero-order chi connectivity index (χ0) is 17.4. The zero-order valence-corrected chi connectivity index (χ0v) is 14.4. The van der Waals surface area contributed by atoms with Crippen LogP contribution in [-0.2, 0) is 16.1 Å². The Hall–Kier alpha value is -1.93. The predicted octanol–water partition coefficient (Wildman–Crippen LogP) is -0.127.